The highest BCUT2D eigenvalue weighted by atomic mass is 35.5. The largest absolute Gasteiger partial charge is 0.465 e. The summed E-state index contributed by atoms with van der Waals surface area (Å²) in [6.45, 7) is 5.35. The van der Waals surface area contributed by atoms with Crippen LogP contribution in [0.1, 0.15) is 32.3 Å². The van der Waals surface area contributed by atoms with Gasteiger partial charge >= 0.3 is 6.09 Å². The van der Waals surface area contributed by atoms with E-state index in [1.165, 1.54) is 4.90 Å². The van der Waals surface area contributed by atoms with Crippen molar-refractivity contribution >= 4 is 51.5 Å². The Balaban J connectivity index is 1.95. The number of amides is 2. The average molecular weight is 495 g/mol. The molecule has 0 bridgehead atoms. The van der Waals surface area contributed by atoms with Crippen molar-refractivity contribution in [2.75, 3.05) is 11.9 Å². The predicted molar refractivity (Wildman–Crippen MR) is 129 cm³/mol. The lowest BCUT2D eigenvalue weighted by Crippen LogP contribution is -2.48. The van der Waals surface area contributed by atoms with Gasteiger partial charge in [0.05, 0.1) is 22.2 Å². The molecule has 0 aliphatic heterocycles. The fourth-order valence-corrected chi connectivity index (χ4v) is 5.06. The topological polar surface area (TPSA) is 87.5 Å². The van der Waals surface area contributed by atoms with Crippen LogP contribution in [0, 0.1) is 0 Å². The van der Waals surface area contributed by atoms with Crippen LogP contribution < -0.4 is 5.32 Å². The van der Waals surface area contributed by atoms with Crippen LogP contribution in [0.3, 0.4) is 0 Å². The van der Waals surface area contributed by atoms with Crippen molar-refractivity contribution < 1.29 is 14.7 Å². The van der Waals surface area contributed by atoms with E-state index in [0.29, 0.717) is 25.5 Å². The summed E-state index contributed by atoms with van der Waals surface area (Å²) < 4.78 is 2.07. The van der Waals surface area contributed by atoms with E-state index in [1.54, 1.807) is 56.9 Å². The molecule has 2 amide bonds. The van der Waals surface area contributed by atoms with E-state index in [1.807, 2.05) is 18.2 Å². The van der Waals surface area contributed by atoms with E-state index >= 15 is 0 Å². The van der Waals surface area contributed by atoms with E-state index in [9.17, 15) is 14.7 Å². The van der Waals surface area contributed by atoms with Gasteiger partial charge in [0.1, 0.15) is 9.34 Å². The van der Waals surface area contributed by atoms with Crippen molar-refractivity contribution in [3.63, 3.8) is 0 Å². The molecular weight excluding hydrogens is 471 g/mol. The molecule has 0 fully saturated rings. The number of aryl methyl sites for hydroxylation is 1. The number of aromatic nitrogens is 2. The summed E-state index contributed by atoms with van der Waals surface area (Å²) in [5.74, 6) is -1.12. The summed E-state index contributed by atoms with van der Waals surface area (Å²) in [4.78, 5) is 26.5. The Morgan fingerprint density at radius 2 is 1.88 bits per heavy atom. The first kappa shape index (κ1) is 24.1. The SMILES string of the molecule is Cn1nccc1-c1c(Cl)sc(NC(=O)C(CN(C(=O)O)C(C)(C)C)c2ccccc2)c1Cl. The van der Waals surface area contributed by atoms with Crippen LogP contribution in [-0.2, 0) is 11.8 Å². The Bertz CT molecular complexity index is 1120. The van der Waals surface area contributed by atoms with Gasteiger partial charge in [-0.3, -0.25) is 9.48 Å². The second-order valence-electron chi connectivity index (χ2n) is 8.25. The van der Waals surface area contributed by atoms with Gasteiger partial charge in [-0.1, -0.05) is 53.5 Å². The fraction of sp³-hybridized carbons (Fsp3) is 0.318. The Hall–Kier alpha value is -2.55. The molecule has 3 aromatic rings. The monoisotopic (exact) mass is 494 g/mol. The Labute approximate surface area is 200 Å². The molecule has 2 aromatic heterocycles. The maximum atomic E-state index is 13.4. The second kappa shape index (κ2) is 9.52. The number of nitrogens with one attached hydrogen (secondary N) is 1. The number of carbonyl (C=O) groups excluding carboxylic acids is 1. The number of hydrogen-bond acceptors (Lipinski definition) is 4. The van der Waals surface area contributed by atoms with Crippen LogP contribution in [0.2, 0.25) is 9.36 Å². The van der Waals surface area contributed by atoms with E-state index in [4.69, 9.17) is 23.2 Å². The number of halogens is 2. The number of anilines is 1. The van der Waals surface area contributed by atoms with Crippen LogP contribution in [0.25, 0.3) is 11.3 Å². The zero-order chi connectivity index (χ0) is 23.6. The molecule has 1 atom stereocenters. The van der Waals surface area contributed by atoms with E-state index in [-0.39, 0.29) is 12.5 Å². The molecule has 3 rings (SSSR count). The highest BCUT2D eigenvalue weighted by Crippen LogP contribution is 2.46. The van der Waals surface area contributed by atoms with Crippen LogP contribution in [0.4, 0.5) is 9.80 Å². The van der Waals surface area contributed by atoms with E-state index in [2.05, 4.69) is 10.4 Å². The second-order valence-corrected chi connectivity index (χ2v) is 10.3. The molecular formula is C22H24Cl2N4O3S. The third-order valence-corrected chi connectivity index (χ3v) is 6.85. The standard InChI is InChI=1S/C22H24Cl2N4O3S/c1-22(2,3)28(21(30)31)12-14(13-8-6-5-7-9-13)19(29)26-20-17(23)16(18(24)32-20)15-10-11-25-27(15)4/h5-11,14H,12H2,1-4H3,(H,26,29)(H,30,31). The summed E-state index contributed by atoms with van der Waals surface area (Å²) in [5.41, 5.74) is 1.33. The normalized spacial score (nSPS) is 12.4. The summed E-state index contributed by atoms with van der Waals surface area (Å²) >= 11 is 14.2. The quantitative estimate of drug-likeness (QED) is 0.442. The highest BCUT2D eigenvalue weighted by Gasteiger charge is 2.33. The summed E-state index contributed by atoms with van der Waals surface area (Å²) in [6, 6.07) is 10.9. The molecule has 32 heavy (non-hydrogen) atoms. The van der Waals surface area contributed by atoms with Gasteiger partial charge in [0, 0.05) is 25.3 Å². The predicted octanol–water partition coefficient (Wildman–Crippen LogP) is 5.96. The zero-order valence-electron chi connectivity index (χ0n) is 18.1. The molecule has 0 saturated carbocycles. The molecule has 7 nitrogen and oxygen atoms in total. The third-order valence-electron chi connectivity index (χ3n) is 5.05. The number of thiophene rings is 1. The van der Waals surface area contributed by atoms with Gasteiger partial charge in [-0.05, 0) is 32.4 Å². The third kappa shape index (κ3) is 5.09. The molecule has 2 N–H and O–H groups in total. The van der Waals surface area contributed by atoms with Gasteiger partial charge in [0.2, 0.25) is 5.91 Å². The first-order valence-corrected chi connectivity index (χ1v) is 11.4. The molecule has 1 aromatic carbocycles. The minimum absolute atomic E-state index is 0.0139. The molecule has 170 valence electrons. The molecule has 0 saturated heterocycles. The summed E-state index contributed by atoms with van der Waals surface area (Å²) in [6.07, 6.45) is 0.540. The molecule has 0 spiro atoms. The van der Waals surface area contributed by atoms with Crippen molar-refractivity contribution in [3.8, 4) is 11.3 Å². The van der Waals surface area contributed by atoms with Crippen LogP contribution in [0.5, 0.6) is 0 Å². The number of carboxylic acid groups (broad SMARTS) is 1. The first-order valence-electron chi connectivity index (χ1n) is 9.83. The maximum Gasteiger partial charge on any atom is 0.407 e. The minimum Gasteiger partial charge on any atom is -0.465 e. The number of nitrogens with zero attached hydrogens (tertiary/aromatic N) is 3. The van der Waals surface area contributed by atoms with Gasteiger partial charge in [0.25, 0.3) is 0 Å². The zero-order valence-corrected chi connectivity index (χ0v) is 20.4. The van der Waals surface area contributed by atoms with Gasteiger partial charge in [-0.25, -0.2) is 4.79 Å². The number of carbonyl (C=O) groups is 2. The summed E-state index contributed by atoms with van der Waals surface area (Å²) in [5, 5.41) is 17.5. The lowest BCUT2D eigenvalue weighted by Gasteiger charge is -2.35. The Morgan fingerprint density at radius 3 is 2.41 bits per heavy atom. The van der Waals surface area contributed by atoms with Crippen LogP contribution in [0.15, 0.2) is 42.6 Å². The van der Waals surface area contributed by atoms with Crippen molar-refractivity contribution in [2.45, 2.75) is 32.2 Å². The first-order chi connectivity index (χ1) is 15.0. The molecule has 10 heteroatoms. The van der Waals surface area contributed by atoms with Crippen molar-refractivity contribution in [2.24, 2.45) is 7.05 Å². The smallest absolute Gasteiger partial charge is 0.407 e. The lowest BCUT2D eigenvalue weighted by atomic mass is 9.95. The van der Waals surface area contributed by atoms with Gasteiger partial charge in [-0.15, -0.1) is 11.3 Å². The maximum absolute atomic E-state index is 13.4. The van der Waals surface area contributed by atoms with E-state index < -0.39 is 17.6 Å². The minimum atomic E-state index is -1.10. The van der Waals surface area contributed by atoms with Crippen LogP contribution >= 0.6 is 34.5 Å². The fourth-order valence-electron chi connectivity index (χ4n) is 3.34. The van der Waals surface area contributed by atoms with Gasteiger partial charge in [0.15, 0.2) is 0 Å². The molecule has 2 heterocycles. The molecule has 0 aliphatic rings. The molecule has 0 aliphatic carbocycles. The highest BCUT2D eigenvalue weighted by molar-refractivity contribution is 7.21. The van der Waals surface area contributed by atoms with Gasteiger partial charge < -0.3 is 15.3 Å². The van der Waals surface area contributed by atoms with Gasteiger partial charge in [-0.2, -0.15) is 5.10 Å². The Morgan fingerprint density at radius 1 is 1.22 bits per heavy atom. The Kier molecular flexibility index (Phi) is 7.17. The van der Waals surface area contributed by atoms with Crippen molar-refractivity contribution in [1.29, 1.82) is 0 Å². The van der Waals surface area contributed by atoms with Crippen molar-refractivity contribution in [1.82, 2.24) is 14.7 Å². The lowest BCUT2D eigenvalue weighted by molar-refractivity contribution is -0.118. The number of rotatable bonds is 6. The van der Waals surface area contributed by atoms with E-state index in [0.717, 1.165) is 17.0 Å². The number of benzene rings is 1. The number of hydrogen-bond donors (Lipinski definition) is 2. The van der Waals surface area contributed by atoms with Crippen LogP contribution in [-0.4, -0.2) is 43.9 Å². The summed E-state index contributed by atoms with van der Waals surface area (Å²) in [7, 11) is 1.77. The average Bonchev–Trinajstić information content (AvgIpc) is 3.23. The van der Waals surface area contributed by atoms with Crippen molar-refractivity contribution in [3.05, 3.63) is 57.5 Å². The molecule has 1 unspecified atom stereocenters. The molecule has 0 radical (unpaired) electrons.